The molecular weight excluding hydrogens is 806 g/mol. The van der Waals surface area contributed by atoms with E-state index >= 15 is 0 Å². The maximum absolute atomic E-state index is 14.5. The van der Waals surface area contributed by atoms with Gasteiger partial charge in [0.05, 0.1) is 32.0 Å². The first kappa shape index (κ1) is 34.0. The number of halogens is 3. The summed E-state index contributed by atoms with van der Waals surface area (Å²) in [7, 11) is 0. The number of nitrogens with zero attached hydrogens (tertiary/aromatic N) is 2. The second-order valence-electron chi connectivity index (χ2n) is 11.4. The Morgan fingerprint density at radius 1 is 1.06 bits per heavy atom. The van der Waals surface area contributed by atoms with Crippen molar-refractivity contribution in [2.24, 2.45) is 4.99 Å². The highest BCUT2D eigenvalue weighted by Gasteiger charge is 2.35. The minimum Gasteiger partial charge on any atom is -0.487 e. The number of rotatable bonds is 9. The summed E-state index contributed by atoms with van der Waals surface area (Å²) in [5, 5.41) is 0. The third kappa shape index (κ3) is 6.97. The van der Waals surface area contributed by atoms with Gasteiger partial charge in [-0.05, 0) is 70.8 Å². The number of aromatic nitrogens is 1. The fourth-order valence-corrected chi connectivity index (χ4v) is 8.26. The summed E-state index contributed by atoms with van der Waals surface area (Å²) in [6.45, 7) is 6.18. The van der Waals surface area contributed by atoms with E-state index in [1.54, 1.807) is 35.8 Å². The second kappa shape index (κ2) is 14.7. The predicted octanol–water partition coefficient (Wildman–Crippen LogP) is 8.14. The standard InChI is InChI=1S/C38H31BrFIN2O4S/c1-4-46-37(45)32-33(24-10-6-5-7-11-24)42-38-43(34(32)25-16-14-23(15-17-25)22(2)3)36(44)31(48-38)19-27-18-28(39)20-30(41)35(27)47-21-26-12-8-9-13-29(26)40/h5-20,22,34H,4,21H2,1-3H3/b31-19-/t34-/m1/s1. The molecule has 6 rings (SSSR count). The van der Waals surface area contributed by atoms with Crippen LogP contribution in [0.15, 0.2) is 111 Å². The van der Waals surface area contributed by atoms with E-state index in [4.69, 9.17) is 14.5 Å². The van der Waals surface area contributed by atoms with Crippen molar-refractivity contribution in [2.75, 3.05) is 6.61 Å². The number of fused-ring (bicyclic) bond motifs is 1. The molecule has 0 N–H and O–H groups in total. The first-order valence-electron chi connectivity index (χ1n) is 15.4. The first-order chi connectivity index (χ1) is 23.2. The van der Waals surface area contributed by atoms with Gasteiger partial charge in [-0.3, -0.25) is 9.36 Å². The van der Waals surface area contributed by atoms with Gasteiger partial charge >= 0.3 is 5.97 Å². The molecule has 1 atom stereocenters. The summed E-state index contributed by atoms with van der Waals surface area (Å²) >= 11 is 6.98. The van der Waals surface area contributed by atoms with Crippen molar-refractivity contribution >= 4 is 67.6 Å². The van der Waals surface area contributed by atoms with Gasteiger partial charge in [0.1, 0.15) is 18.2 Å². The van der Waals surface area contributed by atoms with Crippen LogP contribution in [0.3, 0.4) is 0 Å². The lowest BCUT2D eigenvalue weighted by molar-refractivity contribution is -0.138. The quantitative estimate of drug-likeness (QED) is 0.111. The van der Waals surface area contributed by atoms with E-state index in [0.717, 1.165) is 24.7 Å². The van der Waals surface area contributed by atoms with E-state index in [2.05, 4.69) is 52.4 Å². The van der Waals surface area contributed by atoms with Crippen molar-refractivity contribution in [3.05, 3.63) is 158 Å². The molecule has 4 aromatic carbocycles. The molecular formula is C38H31BrFIN2O4S. The van der Waals surface area contributed by atoms with Crippen molar-refractivity contribution in [2.45, 2.75) is 39.3 Å². The number of carbonyl (C=O) groups excluding carboxylic acids is 1. The predicted molar refractivity (Wildman–Crippen MR) is 199 cm³/mol. The highest BCUT2D eigenvalue weighted by molar-refractivity contribution is 14.1. The van der Waals surface area contributed by atoms with Gasteiger partial charge in [-0.2, -0.15) is 0 Å². The van der Waals surface area contributed by atoms with Crippen LogP contribution in [0.5, 0.6) is 5.75 Å². The summed E-state index contributed by atoms with van der Waals surface area (Å²) in [5.41, 5.74) is 4.17. The third-order valence-corrected chi connectivity index (χ3v) is 10.2. The van der Waals surface area contributed by atoms with Gasteiger partial charge < -0.3 is 9.47 Å². The van der Waals surface area contributed by atoms with Gasteiger partial charge in [-0.25, -0.2) is 14.2 Å². The number of hydrogen-bond donors (Lipinski definition) is 0. The summed E-state index contributed by atoms with van der Waals surface area (Å²) < 4.78 is 29.8. The number of ether oxygens (including phenoxy) is 2. The van der Waals surface area contributed by atoms with Crippen LogP contribution in [0.2, 0.25) is 0 Å². The molecule has 5 aromatic rings. The Hall–Kier alpha value is -3.87. The molecule has 0 bridgehead atoms. The molecule has 1 aliphatic heterocycles. The maximum Gasteiger partial charge on any atom is 0.338 e. The van der Waals surface area contributed by atoms with Gasteiger partial charge in [-0.1, -0.05) is 114 Å². The van der Waals surface area contributed by atoms with Crippen molar-refractivity contribution < 1.29 is 18.7 Å². The normalized spacial score (nSPS) is 14.6. The third-order valence-electron chi connectivity index (χ3n) is 7.95. The van der Waals surface area contributed by atoms with Crippen LogP contribution in [0.25, 0.3) is 11.8 Å². The summed E-state index contributed by atoms with van der Waals surface area (Å²) in [5.74, 6) is -0.0556. The molecule has 0 amide bonds. The highest BCUT2D eigenvalue weighted by Crippen LogP contribution is 2.36. The lowest BCUT2D eigenvalue weighted by atomic mass is 9.91. The van der Waals surface area contributed by atoms with Crippen molar-refractivity contribution in [3.8, 4) is 5.75 Å². The first-order valence-corrected chi connectivity index (χ1v) is 18.1. The second-order valence-corrected chi connectivity index (χ2v) is 14.5. The van der Waals surface area contributed by atoms with Gasteiger partial charge in [0.2, 0.25) is 0 Å². The fraction of sp³-hybridized carbons (Fsp3) is 0.184. The van der Waals surface area contributed by atoms with E-state index in [1.807, 2.05) is 66.7 Å². The summed E-state index contributed by atoms with van der Waals surface area (Å²) in [4.78, 5) is 33.6. The van der Waals surface area contributed by atoms with Crippen LogP contribution < -0.4 is 19.6 Å². The zero-order valence-corrected chi connectivity index (χ0v) is 30.9. The van der Waals surface area contributed by atoms with Crippen molar-refractivity contribution in [1.82, 2.24) is 4.57 Å². The molecule has 1 aliphatic rings. The minimum absolute atomic E-state index is 0.0160. The molecule has 48 heavy (non-hydrogen) atoms. The fourth-order valence-electron chi connectivity index (χ4n) is 5.57. The smallest absolute Gasteiger partial charge is 0.338 e. The number of hydrogen-bond acceptors (Lipinski definition) is 6. The van der Waals surface area contributed by atoms with Crippen LogP contribution >= 0.6 is 49.9 Å². The van der Waals surface area contributed by atoms with Crippen molar-refractivity contribution in [3.63, 3.8) is 0 Å². The molecule has 0 saturated carbocycles. The molecule has 0 fully saturated rings. The van der Waals surface area contributed by atoms with E-state index in [0.29, 0.717) is 43.4 Å². The van der Waals surface area contributed by atoms with Crippen molar-refractivity contribution in [1.29, 1.82) is 0 Å². The molecule has 0 aliphatic carbocycles. The highest BCUT2D eigenvalue weighted by atomic mass is 127. The van der Waals surface area contributed by atoms with Gasteiger partial charge in [0, 0.05) is 21.2 Å². The number of carbonyl (C=O) groups is 1. The SMILES string of the molecule is CCOC(=O)C1=C(c2ccccc2)N=c2s/c(=C\c3cc(Br)cc(I)c3OCc3ccccc3F)c(=O)n2[C@@H]1c1ccc(C(C)C)cc1. The summed E-state index contributed by atoms with van der Waals surface area (Å²) in [6.07, 6.45) is 1.77. The molecule has 2 heterocycles. The topological polar surface area (TPSA) is 69.9 Å². The Kier molecular flexibility index (Phi) is 10.4. The average Bonchev–Trinajstić information content (AvgIpc) is 3.38. The molecule has 6 nitrogen and oxygen atoms in total. The van der Waals surface area contributed by atoms with E-state index in [9.17, 15) is 14.0 Å². The van der Waals surface area contributed by atoms with E-state index in [-0.39, 0.29) is 24.6 Å². The van der Waals surface area contributed by atoms with Gasteiger partial charge in [0.15, 0.2) is 4.80 Å². The molecule has 0 spiro atoms. The number of esters is 1. The number of benzene rings is 4. The Bertz CT molecular complexity index is 2210. The summed E-state index contributed by atoms with van der Waals surface area (Å²) in [6, 6.07) is 26.9. The average molecular weight is 838 g/mol. The Morgan fingerprint density at radius 3 is 2.46 bits per heavy atom. The van der Waals surface area contributed by atoms with Crippen LogP contribution in [-0.2, 0) is 16.1 Å². The van der Waals surface area contributed by atoms with E-state index in [1.165, 1.54) is 17.4 Å². The van der Waals surface area contributed by atoms with E-state index < -0.39 is 12.0 Å². The lowest BCUT2D eigenvalue weighted by Gasteiger charge is -2.26. The van der Waals surface area contributed by atoms with Crippen LogP contribution in [0.1, 0.15) is 60.5 Å². The van der Waals surface area contributed by atoms with Gasteiger partial charge in [0.25, 0.3) is 5.56 Å². The largest absolute Gasteiger partial charge is 0.487 e. The molecule has 0 radical (unpaired) electrons. The monoisotopic (exact) mass is 836 g/mol. The Labute approximate surface area is 303 Å². The zero-order valence-electron chi connectivity index (χ0n) is 26.4. The lowest BCUT2D eigenvalue weighted by Crippen LogP contribution is -2.40. The number of thiazole rings is 1. The molecule has 10 heteroatoms. The molecule has 0 saturated heterocycles. The van der Waals surface area contributed by atoms with Crippen LogP contribution in [0.4, 0.5) is 4.39 Å². The zero-order chi connectivity index (χ0) is 33.9. The van der Waals surface area contributed by atoms with Gasteiger partial charge in [-0.15, -0.1) is 0 Å². The maximum atomic E-state index is 14.5. The molecule has 0 unspecified atom stereocenters. The van der Waals surface area contributed by atoms with Crippen LogP contribution in [0, 0.1) is 9.39 Å². The molecule has 1 aromatic heterocycles. The Balaban J connectivity index is 1.56. The minimum atomic E-state index is -0.779. The molecule has 244 valence electrons. The Morgan fingerprint density at radius 2 is 1.77 bits per heavy atom. The van der Waals surface area contributed by atoms with Crippen LogP contribution in [-0.4, -0.2) is 17.1 Å².